The van der Waals surface area contributed by atoms with Crippen LogP contribution in [0, 0.1) is 5.92 Å². The number of hydrogen-bond acceptors (Lipinski definition) is 3. The lowest BCUT2D eigenvalue weighted by Gasteiger charge is -2.35. The van der Waals surface area contributed by atoms with E-state index < -0.39 is 6.09 Å². The van der Waals surface area contributed by atoms with Crippen LogP contribution in [0.3, 0.4) is 0 Å². The zero-order chi connectivity index (χ0) is 17.4. The molecular weight excluding hydrogens is 386 g/mol. The van der Waals surface area contributed by atoms with Crippen molar-refractivity contribution in [2.24, 2.45) is 5.92 Å². The van der Waals surface area contributed by atoms with Crippen LogP contribution >= 0.6 is 15.9 Å². The third kappa shape index (κ3) is 3.54. The summed E-state index contributed by atoms with van der Waals surface area (Å²) in [5.74, 6) is 0.431. The Bertz CT molecular complexity index is 785. The molecule has 1 aliphatic carbocycles. The number of carboxylic acid groups (broad SMARTS) is 1. The summed E-state index contributed by atoms with van der Waals surface area (Å²) in [7, 11) is 0. The monoisotopic (exact) mass is 407 g/mol. The Balaban J connectivity index is 1.65. The van der Waals surface area contributed by atoms with E-state index in [0.717, 1.165) is 61.4 Å². The van der Waals surface area contributed by atoms with Gasteiger partial charge < -0.3 is 20.1 Å². The van der Waals surface area contributed by atoms with Crippen LogP contribution in [-0.4, -0.2) is 53.9 Å². The molecule has 134 valence electrons. The van der Waals surface area contributed by atoms with Crippen LogP contribution in [-0.2, 0) is 11.2 Å². The number of amides is 1. The van der Waals surface area contributed by atoms with E-state index in [4.69, 9.17) is 4.74 Å². The molecule has 1 saturated heterocycles. The molecule has 1 aromatic heterocycles. The van der Waals surface area contributed by atoms with Crippen LogP contribution in [0.1, 0.15) is 23.7 Å². The largest absolute Gasteiger partial charge is 0.465 e. The van der Waals surface area contributed by atoms with Crippen molar-refractivity contribution in [3.8, 4) is 0 Å². The maximum absolute atomic E-state index is 11.3. The molecule has 6 nitrogen and oxygen atoms in total. The number of rotatable bonds is 3. The first-order chi connectivity index (χ1) is 12.1. The van der Waals surface area contributed by atoms with E-state index in [0.29, 0.717) is 5.92 Å². The van der Waals surface area contributed by atoms with Crippen LogP contribution in [0.4, 0.5) is 4.79 Å². The van der Waals surface area contributed by atoms with E-state index in [2.05, 4.69) is 37.2 Å². The highest BCUT2D eigenvalue weighted by Crippen LogP contribution is 2.38. The summed E-state index contributed by atoms with van der Waals surface area (Å²) in [5.41, 5.74) is 3.34. The zero-order valence-corrected chi connectivity index (χ0v) is 15.5. The van der Waals surface area contributed by atoms with Gasteiger partial charge in [-0.1, -0.05) is 15.9 Å². The van der Waals surface area contributed by atoms with Crippen LogP contribution in [0.5, 0.6) is 0 Å². The number of aromatic amines is 1. The summed E-state index contributed by atoms with van der Waals surface area (Å²) in [6.45, 7) is 4.48. The third-order valence-corrected chi connectivity index (χ3v) is 5.72. The average Bonchev–Trinajstić information content (AvgIpc) is 2.94. The quantitative estimate of drug-likeness (QED) is 0.730. The fraction of sp³-hybridized carbons (Fsp3) is 0.500. The highest BCUT2D eigenvalue weighted by atomic mass is 79.9. The maximum atomic E-state index is 11.3. The zero-order valence-electron chi connectivity index (χ0n) is 13.9. The van der Waals surface area contributed by atoms with Gasteiger partial charge in [-0.2, -0.15) is 0 Å². The van der Waals surface area contributed by atoms with Crippen LogP contribution in [0.2, 0.25) is 0 Å². The molecule has 4 rings (SSSR count). The Morgan fingerprint density at radius 2 is 2.20 bits per heavy atom. The number of morpholine rings is 1. The van der Waals surface area contributed by atoms with E-state index in [1.54, 1.807) is 0 Å². The summed E-state index contributed by atoms with van der Waals surface area (Å²) in [6.07, 6.45) is 0.828. The van der Waals surface area contributed by atoms with Gasteiger partial charge in [-0.15, -0.1) is 0 Å². The molecule has 2 heterocycles. The van der Waals surface area contributed by atoms with E-state index in [1.165, 1.54) is 10.9 Å². The van der Waals surface area contributed by atoms with Crippen molar-refractivity contribution in [3.05, 3.63) is 33.9 Å². The Hall–Kier alpha value is -1.57. The molecule has 1 amide bonds. The Morgan fingerprint density at radius 3 is 2.96 bits per heavy atom. The highest BCUT2D eigenvalue weighted by molar-refractivity contribution is 9.10. The van der Waals surface area contributed by atoms with Crippen molar-refractivity contribution >= 4 is 32.9 Å². The fourth-order valence-corrected chi connectivity index (χ4v) is 4.51. The van der Waals surface area contributed by atoms with E-state index in [9.17, 15) is 9.90 Å². The second-order valence-corrected chi connectivity index (χ2v) is 7.84. The standard InChI is InChI=1S/C18H22BrN3O3/c19-12-1-2-15-13(9-12)14-7-11(10-22-3-5-25-6-4-22)8-16(17(14)20-15)21-18(23)24/h1-2,9,11,16,20-21H,3-8,10H2,(H,23,24). The van der Waals surface area contributed by atoms with Gasteiger partial charge in [0.05, 0.1) is 19.3 Å². The third-order valence-electron chi connectivity index (χ3n) is 5.23. The smallest absolute Gasteiger partial charge is 0.405 e. The van der Waals surface area contributed by atoms with Crippen molar-refractivity contribution in [1.82, 2.24) is 15.2 Å². The van der Waals surface area contributed by atoms with Crippen molar-refractivity contribution < 1.29 is 14.6 Å². The van der Waals surface area contributed by atoms with Crippen molar-refractivity contribution in [3.63, 3.8) is 0 Å². The summed E-state index contributed by atoms with van der Waals surface area (Å²) in [4.78, 5) is 17.2. The number of halogens is 1. The van der Waals surface area contributed by atoms with Crippen LogP contribution in [0.15, 0.2) is 22.7 Å². The molecule has 25 heavy (non-hydrogen) atoms. The first kappa shape index (κ1) is 16.9. The number of fused-ring (bicyclic) bond motifs is 3. The van der Waals surface area contributed by atoms with Gasteiger partial charge in [-0.25, -0.2) is 4.79 Å². The predicted molar refractivity (Wildman–Crippen MR) is 99.0 cm³/mol. The molecule has 2 unspecified atom stereocenters. The number of benzene rings is 1. The molecule has 1 aromatic carbocycles. The van der Waals surface area contributed by atoms with Gasteiger partial charge in [-0.3, -0.25) is 4.90 Å². The molecule has 7 heteroatoms. The van der Waals surface area contributed by atoms with Gasteiger partial charge in [0, 0.05) is 40.7 Å². The van der Waals surface area contributed by atoms with Crippen molar-refractivity contribution in [2.45, 2.75) is 18.9 Å². The van der Waals surface area contributed by atoms with Gasteiger partial charge in [0.1, 0.15) is 0 Å². The Labute approximate surface area is 154 Å². The first-order valence-electron chi connectivity index (χ1n) is 8.69. The number of nitrogens with zero attached hydrogens (tertiary/aromatic N) is 1. The summed E-state index contributed by atoms with van der Waals surface area (Å²) in [5, 5.41) is 13.2. The lowest BCUT2D eigenvalue weighted by atomic mass is 9.83. The fourth-order valence-electron chi connectivity index (χ4n) is 4.15. The van der Waals surface area contributed by atoms with Gasteiger partial charge >= 0.3 is 6.09 Å². The van der Waals surface area contributed by atoms with Gasteiger partial charge in [0.25, 0.3) is 0 Å². The molecule has 3 N–H and O–H groups in total. The van der Waals surface area contributed by atoms with Gasteiger partial charge in [0.2, 0.25) is 0 Å². The van der Waals surface area contributed by atoms with E-state index >= 15 is 0 Å². The minimum atomic E-state index is -0.970. The normalized spacial score (nSPS) is 24.2. The predicted octanol–water partition coefficient (Wildman–Crippen LogP) is 3.13. The molecule has 0 bridgehead atoms. The number of aromatic nitrogens is 1. The lowest BCUT2D eigenvalue weighted by Crippen LogP contribution is -2.42. The second kappa shape index (κ2) is 6.97. The van der Waals surface area contributed by atoms with E-state index in [1.807, 2.05) is 12.1 Å². The topological polar surface area (TPSA) is 77.6 Å². The number of ether oxygens (including phenoxy) is 1. The first-order valence-corrected chi connectivity index (χ1v) is 9.49. The summed E-state index contributed by atoms with van der Waals surface area (Å²) >= 11 is 3.55. The summed E-state index contributed by atoms with van der Waals surface area (Å²) < 4.78 is 6.48. The Kier molecular flexibility index (Phi) is 4.71. The molecule has 1 fully saturated rings. The molecule has 0 spiro atoms. The number of nitrogens with one attached hydrogen (secondary N) is 2. The molecule has 0 saturated carbocycles. The molecule has 1 aliphatic heterocycles. The number of hydrogen-bond donors (Lipinski definition) is 3. The average molecular weight is 408 g/mol. The minimum Gasteiger partial charge on any atom is -0.465 e. The minimum absolute atomic E-state index is 0.182. The SMILES string of the molecule is O=C(O)NC1CC(CN2CCOCC2)Cc2c1[nH]c1ccc(Br)cc21. The van der Waals surface area contributed by atoms with Gasteiger partial charge in [-0.05, 0) is 42.5 Å². The number of carbonyl (C=O) groups is 1. The number of H-pyrrole nitrogens is 1. The highest BCUT2D eigenvalue weighted by Gasteiger charge is 2.32. The molecule has 2 atom stereocenters. The molecule has 0 radical (unpaired) electrons. The molecule has 2 aliphatic rings. The molecular formula is C18H22BrN3O3. The van der Waals surface area contributed by atoms with Crippen molar-refractivity contribution in [1.29, 1.82) is 0 Å². The molecule has 2 aromatic rings. The van der Waals surface area contributed by atoms with Crippen LogP contribution < -0.4 is 5.32 Å². The van der Waals surface area contributed by atoms with Gasteiger partial charge in [0.15, 0.2) is 0 Å². The summed E-state index contributed by atoms with van der Waals surface area (Å²) in [6, 6.07) is 6.00. The lowest BCUT2D eigenvalue weighted by molar-refractivity contribution is 0.0287. The van der Waals surface area contributed by atoms with Crippen molar-refractivity contribution in [2.75, 3.05) is 32.8 Å². The van der Waals surface area contributed by atoms with E-state index in [-0.39, 0.29) is 6.04 Å². The maximum Gasteiger partial charge on any atom is 0.405 e. The van der Waals surface area contributed by atoms with Crippen LogP contribution in [0.25, 0.3) is 10.9 Å². The second-order valence-electron chi connectivity index (χ2n) is 6.93. The Morgan fingerprint density at radius 1 is 1.40 bits per heavy atom.